The number of rotatable bonds is 6. The van der Waals surface area contributed by atoms with E-state index in [1.54, 1.807) is 5.38 Å². The second-order valence-corrected chi connectivity index (χ2v) is 6.50. The summed E-state index contributed by atoms with van der Waals surface area (Å²) in [6.07, 6.45) is -1.06. The highest BCUT2D eigenvalue weighted by atomic mass is 32.1. The Kier molecular flexibility index (Phi) is 5.47. The number of hydrogen-bond donors (Lipinski definition) is 2. The van der Waals surface area contributed by atoms with Gasteiger partial charge in [-0.15, -0.1) is 11.3 Å². The number of nitrogens with one attached hydrogen (secondary N) is 2. The molecule has 8 nitrogen and oxygen atoms in total. The zero-order valence-corrected chi connectivity index (χ0v) is 14.9. The number of hydrogen-bond acceptors (Lipinski definition) is 7. The number of anilines is 1. The van der Waals surface area contributed by atoms with Crippen LogP contribution in [0.15, 0.2) is 35.7 Å². The van der Waals surface area contributed by atoms with Gasteiger partial charge in [-0.05, 0) is 12.5 Å². The van der Waals surface area contributed by atoms with Crippen molar-refractivity contribution in [2.75, 3.05) is 18.4 Å². The fourth-order valence-corrected chi connectivity index (χ4v) is 3.07. The van der Waals surface area contributed by atoms with Crippen LogP contribution in [0.3, 0.4) is 0 Å². The van der Waals surface area contributed by atoms with Crippen molar-refractivity contribution in [3.05, 3.63) is 47.0 Å². The van der Waals surface area contributed by atoms with E-state index in [2.05, 4.69) is 15.6 Å². The van der Waals surface area contributed by atoms with Gasteiger partial charge >= 0.3 is 12.0 Å². The van der Waals surface area contributed by atoms with E-state index in [1.165, 1.54) is 18.3 Å². The number of amides is 3. The van der Waals surface area contributed by atoms with E-state index >= 15 is 0 Å². The Hall–Kier alpha value is -2.94. The van der Waals surface area contributed by atoms with Gasteiger partial charge in [-0.1, -0.05) is 30.3 Å². The molecular weight excluding hydrogens is 356 g/mol. The monoisotopic (exact) mass is 374 g/mol. The minimum Gasteiger partial charge on any atom is -0.448 e. The van der Waals surface area contributed by atoms with Crippen LogP contribution in [0.1, 0.15) is 23.0 Å². The molecule has 1 saturated heterocycles. The standard InChI is InChI=1S/C17H18N4O4S/c1-11(14(22)21-8-7-18-17(21)24)25-15(23)13-10-26-16(20-13)19-9-12-5-3-2-4-6-12/h2-6,10-11H,7-9H2,1H3,(H,18,24)(H,19,20)/t11-/m1/s1. The first-order valence-electron chi connectivity index (χ1n) is 8.08. The van der Waals surface area contributed by atoms with Crippen molar-refractivity contribution in [1.82, 2.24) is 15.2 Å². The zero-order chi connectivity index (χ0) is 18.5. The van der Waals surface area contributed by atoms with Crippen molar-refractivity contribution < 1.29 is 19.1 Å². The molecule has 0 spiro atoms. The van der Waals surface area contributed by atoms with Gasteiger partial charge in [-0.2, -0.15) is 0 Å². The summed E-state index contributed by atoms with van der Waals surface area (Å²) in [5, 5.41) is 7.81. The molecule has 9 heteroatoms. The Morgan fingerprint density at radius 2 is 2.15 bits per heavy atom. The normalized spacial score (nSPS) is 14.7. The van der Waals surface area contributed by atoms with Crippen LogP contribution in [0.4, 0.5) is 9.93 Å². The number of nitrogens with zero attached hydrogens (tertiary/aromatic N) is 2. The number of imide groups is 1. The summed E-state index contributed by atoms with van der Waals surface area (Å²) in [4.78, 5) is 41.0. The number of aromatic nitrogens is 1. The predicted molar refractivity (Wildman–Crippen MR) is 95.9 cm³/mol. The van der Waals surface area contributed by atoms with Crippen molar-refractivity contribution in [3.63, 3.8) is 0 Å². The third kappa shape index (κ3) is 4.17. The predicted octanol–water partition coefficient (Wildman–Crippen LogP) is 1.85. The molecule has 1 fully saturated rings. The number of carbonyl (C=O) groups excluding carboxylic acids is 3. The quantitative estimate of drug-likeness (QED) is 0.749. The molecule has 0 unspecified atom stereocenters. The van der Waals surface area contributed by atoms with Gasteiger partial charge < -0.3 is 15.4 Å². The van der Waals surface area contributed by atoms with Crippen LogP contribution in [0.25, 0.3) is 0 Å². The second-order valence-electron chi connectivity index (χ2n) is 5.65. The maximum atomic E-state index is 12.2. The van der Waals surface area contributed by atoms with E-state index in [0.717, 1.165) is 10.5 Å². The molecule has 2 N–H and O–H groups in total. The third-order valence-electron chi connectivity index (χ3n) is 3.75. The molecule has 2 aromatic rings. The van der Waals surface area contributed by atoms with Crippen LogP contribution in [0.5, 0.6) is 0 Å². The number of esters is 1. The van der Waals surface area contributed by atoms with Crippen LogP contribution in [-0.2, 0) is 16.1 Å². The molecule has 0 aliphatic carbocycles. The van der Waals surface area contributed by atoms with Crippen molar-refractivity contribution >= 4 is 34.4 Å². The van der Waals surface area contributed by atoms with Crippen molar-refractivity contribution in [1.29, 1.82) is 0 Å². The van der Waals surface area contributed by atoms with E-state index in [1.807, 2.05) is 30.3 Å². The smallest absolute Gasteiger partial charge is 0.358 e. The van der Waals surface area contributed by atoms with Crippen molar-refractivity contribution in [2.24, 2.45) is 0 Å². The first-order valence-corrected chi connectivity index (χ1v) is 8.96. The third-order valence-corrected chi connectivity index (χ3v) is 4.55. The molecule has 0 radical (unpaired) electrons. The maximum Gasteiger partial charge on any atom is 0.358 e. The van der Waals surface area contributed by atoms with Crippen LogP contribution in [-0.4, -0.2) is 47.0 Å². The van der Waals surface area contributed by atoms with Gasteiger partial charge in [0.05, 0.1) is 0 Å². The van der Waals surface area contributed by atoms with E-state index in [0.29, 0.717) is 18.2 Å². The van der Waals surface area contributed by atoms with Crippen LogP contribution >= 0.6 is 11.3 Å². The lowest BCUT2D eigenvalue weighted by molar-refractivity contribution is -0.136. The summed E-state index contributed by atoms with van der Waals surface area (Å²) in [6.45, 7) is 2.69. The number of thiazole rings is 1. The molecule has 0 bridgehead atoms. The average Bonchev–Trinajstić information content (AvgIpc) is 3.29. The van der Waals surface area contributed by atoms with Gasteiger partial charge in [0.2, 0.25) is 0 Å². The lowest BCUT2D eigenvalue weighted by Crippen LogP contribution is -2.41. The average molecular weight is 374 g/mol. The largest absolute Gasteiger partial charge is 0.448 e. The molecule has 2 heterocycles. The molecule has 1 aromatic carbocycles. The number of ether oxygens (including phenoxy) is 1. The molecular formula is C17H18N4O4S. The Bertz CT molecular complexity index is 808. The SMILES string of the molecule is C[C@@H](OC(=O)c1csc(NCc2ccccc2)n1)C(=O)N1CCNC1=O. The van der Waals surface area contributed by atoms with Crippen LogP contribution in [0.2, 0.25) is 0 Å². The van der Waals surface area contributed by atoms with Gasteiger partial charge in [-0.3, -0.25) is 9.69 Å². The molecule has 1 aliphatic rings. The molecule has 3 amide bonds. The van der Waals surface area contributed by atoms with E-state index < -0.39 is 24.0 Å². The lowest BCUT2D eigenvalue weighted by Gasteiger charge is -2.17. The van der Waals surface area contributed by atoms with E-state index in [4.69, 9.17) is 4.74 Å². The van der Waals surface area contributed by atoms with Crippen LogP contribution < -0.4 is 10.6 Å². The number of carbonyl (C=O) groups is 3. The molecule has 1 aromatic heterocycles. The van der Waals surface area contributed by atoms with Crippen molar-refractivity contribution in [3.8, 4) is 0 Å². The number of benzene rings is 1. The summed E-state index contributed by atoms with van der Waals surface area (Å²) < 4.78 is 5.14. The molecule has 136 valence electrons. The van der Waals surface area contributed by atoms with Gasteiger partial charge in [0.25, 0.3) is 5.91 Å². The van der Waals surface area contributed by atoms with Gasteiger partial charge in [0, 0.05) is 25.0 Å². The van der Waals surface area contributed by atoms with Crippen molar-refractivity contribution in [2.45, 2.75) is 19.6 Å². The maximum absolute atomic E-state index is 12.2. The summed E-state index contributed by atoms with van der Waals surface area (Å²) in [7, 11) is 0. The van der Waals surface area contributed by atoms with E-state index in [-0.39, 0.29) is 12.2 Å². The minimum atomic E-state index is -1.06. The highest BCUT2D eigenvalue weighted by molar-refractivity contribution is 7.13. The Balaban J connectivity index is 1.54. The van der Waals surface area contributed by atoms with Gasteiger partial charge in [0.15, 0.2) is 16.9 Å². The molecule has 3 rings (SSSR count). The summed E-state index contributed by atoms with van der Waals surface area (Å²) in [6, 6.07) is 9.32. The second kappa shape index (κ2) is 7.96. The highest BCUT2D eigenvalue weighted by Crippen LogP contribution is 2.18. The van der Waals surface area contributed by atoms with Gasteiger partial charge in [-0.25, -0.2) is 14.6 Å². The molecule has 0 saturated carbocycles. The topological polar surface area (TPSA) is 101 Å². The fraction of sp³-hybridized carbons (Fsp3) is 0.294. The highest BCUT2D eigenvalue weighted by Gasteiger charge is 2.32. The summed E-state index contributed by atoms with van der Waals surface area (Å²) >= 11 is 1.28. The summed E-state index contributed by atoms with van der Waals surface area (Å²) in [5.74, 6) is -1.25. The minimum absolute atomic E-state index is 0.121. The Morgan fingerprint density at radius 3 is 2.85 bits per heavy atom. The van der Waals surface area contributed by atoms with Gasteiger partial charge in [0.1, 0.15) is 0 Å². The Labute approximate surface area is 154 Å². The zero-order valence-electron chi connectivity index (χ0n) is 14.1. The van der Waals surface area contributed by atoms with E-state index in [9.17, 15) is 14.4 Å². The first-order chi connectivity index (χ1) is 12.5. The molecule has 26 heavy (non-hydrogen) atoms. The summed E-state index contributed by atoms with van der Waals surface area (Å²) in [5.41, 5.74) is 1.21. The lowest BCUT2D eigenvalue weighted by atomic mass is 10.2. The first kappa shape index (κ1) is 17.9. The number of urea groups is 1. The molecule has 1 atom stereocenters. The van der Waals surface area contributed by atoms with Crippen LogP contribution in [0, 0.1) is 0 Å². The Morgan fingerprint density at radius 1 is 1.38 bits per heavy atom. The fourth-order valence-electron chi connectivity index (χ4n) is 2.39. The molecule has 1 aliphatic heterocycles.